The Morgan fingerprint density at radius 3 is 2.19 bits per heavy atom. The van der Waals surface area contributed by atoms with Gasteiger partial charge in [-0.2, -0.15) is 0 Å². The van der Waals surface area contributed by atoms with Gasteiger partial charge >= 0.3 is 0 Å². The Bertz CT molecular complexity index is 1310. The monoisotopic (exact) mass is 420 g/mol. The fraction of sp³-hybridized carbons (Fsp3) is 0.107. The first-order valence-electron chi connectivity index (χ1n) is 10.7. The minimum atomic E-state index is -0.128. The number of fused-ring (bicyclic) bond motifs is 2. The summed E-state index contributed by atoms with van der Waals surface area (Å²) in [6.07, 6.45) is 4.66. The summed E-state index contributed by atoms with van der Waals surface area (Å²) in [6.45, 7) is 0.721. The molecule has 0 aliphatic carbocycles. The highest BCUT2D eigenvalue weighted by Gasteiger charge is 2.26. The van der Waals surface area contributed by atoms with Gasteiger partial charge in [0.25, 0.3) is 5.95 Å². The number of rotatable bonds is 5. The van der Waals surface area contributed by atoms with Crippen LogP contribution in [0.15, 0.2) is 120 Å². The van der Waals surface area contributed by atoms with Gasteiger partial charge in [0.15, 0.2) is 0 Å². The molecular formula is C28H24N2O2. The van der Waals surface area contributed by atoms with Gasteiger partial charge in [0.05, 0.1) is 30.1 Å². The summed E-state index contributed by atoms with van der Waals surface area (Å²) in [5.74, 6) is -0.128. The number of benzene rings is 3. The van der Waals surface area contributed by atoms with E-state index < -0.39 is 0 Å². The zero-order valence-corrected chi connectivity index (χ0v) is 17.9. The first-order valence-corrected chi connectivity index (χ1v) is 10.7. The van der Waals surface area contributed by atoms with Gasteiger partial charge < -0.3 is 14.7 Å². The van der Waals surface area contributed by atoms with Crippen LogP contribution in [0, 0.1) is 0 Å². The fourth-order valence-electron chi connectivity index (χ4n) is 4.27. The van der Waals surface area contributed by atoms with Crippen molar-refractivity contribution in [1.29, 1.82) is 0 Å². The van der Waals surface area contributed by atoms with Crippen molar-refractivity contribution in [1.82, 2.24) is 4.90 Å². The van der Waals surface area contributed by atoms with E-state index in [9.17, 15) is 5.11 Å². The molecule has 0 aromatic heterocycles. The number of aliphatic hydroxyl groups is 1. The third-order valence-electron chi connectivity index (χ3n) is 5.83. The van der Waals surface area contributed by atoms with E-state index in [0.29, 0.717) is 0 Å². The van der Waals surface area contributed by atoms with E-state index in [1.54, 1.807) is 6.20 Å². The maximum absolute atomic E-state index is 10.1. The van der Waals surface area contributed by atoms with Gasteiger partial charge in [0, 0.05) is 11.8 Å². The van der Waals surface area contributed by atoms with Gasteiger partial charge in [-0.3, -0.25) is 0 Å². The number of ether oxygens (including phenoxy) is 1. The number of para-hydroxylation sites is 1. The molecule has 0 atom stereocenters. The SMILES string of the molecule is CO/C(O)=C\N1CCC2=c3ccccc3=NC2=C1C=C(c1ccccc1)c1ccccc1. The van der Waals surface area contributed by atoms with Gasteiger partial charge in [-0.1, -0.05) is 78.9 Å². The molecule has 32 heavy (non-hydrogen) atoms. The minimum Gasteiger partial charge on any atom is -0.480 e. The van der Waals surface area contributed by atoms with Gasteiger partial charge in [-0.15, -0.1) is 0 Å². The molecule has 2 heterocycles. The molecule has 0 amide bonds. The van der Waals surface area contributed by atoms with Crippen LogP contribution in [0.4, 0.5) is 0 Å². The van der Waals surface area contributed by atoms with Crippen molar-refractivity contribution in [2.45, 2.75) is 6.42 Å². The first kappa shape index (κ1) is 19.9. The summed E-state index contributed by atoms with van der Waals surface area (Å²) in [4.78, 5) is 7.01. The Morgan fingerprint density at radius 1 is 0.906 bits per heavy atom. The van der Waals surface area contributed by atoms with Crippen molar-refractivity contribution in [2.24, 2.45) is 4.99 Å². The fourth-order valence-corrected chi connectivity index (χ4v) is 4.27. The van der Waals surface area contributed by atoms with Crippen molar-refractivity contribution in [3.8, 4) is 0 Å². The predicted octanol–water partition coefficient (Wildman–Crippen LogP) is 4.52. The maximum atomic E-state index is 10.1. The Balaban J connectivity index is 1.77. The second-order valence-electron chi connectivity index (χ2n) is 7.75. The quantitative estimate of drug-likeness (QED) is 0.617. The molecule has 1 N–H and O–H groups in total. The lowest BCUT2D eigenvalue weighted by Gasteiger charge is -2.29. The van der Waals surface area contributed by atoms with Crippen LogP contribution >= 0.6 is 0 Å². The second kappa shape index (κ2) is 8.60. The molecule has 2 aliphatic heterocycles. The molecule has 5 rings (SSSR count). The second-order valence-corrected chi connectivity index (χ2v) is 7.75. The molecule has 0 saturated carbocycles. The predicted molar refractivity (Wildman–Crippen MR) is 127 cm³/mol. The van der Waals surface area contributed by atoms with Crippen LogP contribution in [-0.4, -0.2) is 23.7 Å². The van der Waals surface area contributed by atoms with Gasteiger partial charge in [-0.05, 0) is 40.8 Å². The summed E-state index contributed by atoms with van der Waals surface area (Å²) in [7, 11) is 1.46. The zero-order valence-electron chi connectivity index (χ0n) is 17.9. The van der Waals surface area contributed by atoms with Gasteiger partial charge in [0.1, 0.15) is 0 Å². The maximum Gasteiger partial charge on any atom is 0.293 e. The minimum absolute atomic E-state index is 0.128. The lowest BCUT2D eigenvalue weighted by Crippen LogP contribution is -2.27. The average molecular weight is 421 g/mol. The number of hydrogen-bond donors (Lipinski definition) is 1. The molecule has 0 unspecified atom stereocenters. The molecule has 0 saturated heterocycles. The van der Waals surface area contributed by atoms with E-state index in [4.69, 9.17) is 9.73 Å². The summed E-state index contributed by atoms with van der Waals surface area (Å²) in [6, 6.07) is 29.0. The summed E-state index contributed by atoms with van der Waals surface area (Å²) < 4.78 is 5.04. The van der Waals surface area contributed by atoms with Crippen molar-refractivity contribution in [3.63, 3.8) is 0 Å². The van der Waals surface area contributed by atoms with Crippen molar-refractivity contribution in [3.05, 3.63) is 136 Å². The smallest absolute Gasteiger partial charge is 0.293 e. The number of aliphatic hydroxyl groups excluding tert-OH is 1. The van der Waals surface area contributed by atoms with Gasteiger partial charge in [-0.25, -0.2) is 4.99 Å². The molecule has 4 heteroatoms. The van der Waals surface area contributed by atoms with Crippen LogP contribution in [0.3, 0.4) is 0 Å². The molecule has 158 valence electrons. The molecule has 0 bridgehead atoms. The van der Waals surface area contributed by atoms with E-state index in [1.165, 1.54) is 17.9 Å². The highest BCUT2D eigenvalue weighted by Crippen LogP contribution is 2.34. The van der Waals surface area contributed by atoms with Crippen molar-refractivity contribution < 1.29 is 9.84 Å². The molecule has 2 aliphatic rings. The third-order valence-corrected chi connectivity index (χ3v) is 5.83. The molecule has 3 aromatic carbocycles. The highest BCUT2D eigenvalue weighted by molar-refractivity contribution is 5.83. The Kier molecular flexibility index (Phi) is 5.34. The van der Waals surface area contributed by atoms with Crippen LogP contribution in [0.5, 0.6) is 0 Å². The first-order chi connectivity index (χ1) is 15.7. The van der Waals surface area contributed by atoms with Crippen LogP contribution in [-0.2, 0) is 4.74 Å². The zero-order chi connectivity index (χ0) is 21.9. The van der Waals surface area contributed by atoms with E-state index in [0.717, 1.165) is 46.4 Å². The topological polar surface area (TPSA) is 45.1 Å². The Labute approximate surface area is 187 Å². The van der Waals surface area contributed by atoms with E-state index in [1.807, 2.05) is 47.4 Å². The molecule has 0 fully saturated rings. The summed E-state index contributed by atoms with van der Waals surface area (Å²) in [5, 5.41) is 12.3. The average Bonchev–Trinajstić information content (AvgIpc) is 3.23. The highest BCUT2D eigenvalue weighted by atomic mass is 16.6. The number of methoxy groups -OCH3 is 1. The number of hydrogen-bond acceptors (Lipinski definition) is 4. The largest absolute Gasteiger partial charge is 0.480 e. The lowest BCUT2D eigenvalue weighted by molar-refractivity contribution is 0.127. The molecule has 3 aromatic rings. The van der Waals surface area contributed by atoms with Crippen LogP contribution < -0.4 is 10.6 Å². The number of allylic oxidation sites excluding steroid dienone is 2. The summed E-state index contributed by atoms with van der Waals surface area (Å²) in [5.41, 5.74) is 6.46. The normalized spacial score (nSPS) is 15.1. The van der Waals surface area contributed by atoms with E-state index >= 15 is 0 Å². The molecule has 0 spiro atoms. The van der Waals surface area contributed by atoms with E-state index in [2.05, 4.69) is 48.5 Å². The van der Waals surface area contributed by atoms with Crippen LogP contribution in [0.2, 0.25) is 0 Å². The summed E-state index contributed by atoms with van der Waals surface area (Å²) >= 11 is 0. The standard InChI is InChI=1S/C28H24N2O2/c1-32-27(31)19-30-17-16-23-22-14-8-9-15-25(22)29-28(23)26(30)18-24(20-10-4-2-5-11-20)21-12-6-3-7-13-21/h2-15,18-19,31H,16-17H2,1H3/b27-19-. The van der Waals surface area contributed by atoms with Gasteiger partial charge in [0.2, 0.25) is 0 Å². The van der Waals surface area contributed by atoms with Crippen molar-refractivity contribution in [2.75, 3.05) is 13.7 Å². The Hall–Kier alpha value is -4.05. The number of nitrogens with zero attached hydrogens (tertiary/aromatic N) is 2. The molecule has 4 nitrogen and oxygen atoms in total. The molecular weight excluding hydrogens is 396 g/mol. The van der Waals surface area contributed by atoms with E-state index in [-0.39, 0.29) is 5.95 Å². The Morgan fingerprint density at radius 2 is 1.53 bits per heavy atom. The van der Waals surface area contributed by atoms with Crippen LogP contribution in [0.1, 0.15) is 17.5 Å². The lowest BCUT2D eigenvalue weighted by atomic mass is 9.94. The van der Waals surface area contributed by atoms with Crippen LogP contribution in [0.25, 0.3) is 11.1 Å². The van der Waals surface area contributed by atoms with Crippen molar-refractivity contribution >= 4 is 11.1 Å². The third kappa shape index (κ3) is 3.71. The molecule has 0 radical (unpaired) electrons.